The van der Waals surface area contributed by atoms with Crippen molar-refractivity contribution < 1.29 is 4.21 Å². The zero-order valence-electron chi connectivity index (χ0n) is 18.2. The molecule has 2 heterocycles. The summed E-state index contributed by atoms with van der Waals surface area (Å²) in [4.78, 5) is 8.55. The van der Waals surface area contributed by atoms with E-state index in [0.717, 1.165) is 49.9 Å². The van der Waals surface area contributed by atoms with E-state index in [-0.39, 0.29) is 0 Å². The summed E-state index contributed by atoms with van der Waals surface area (Å²) in [6, 6.07) is 5.18. The van der Waals surface area contributed by atoms with Crippen LogP contribution in [0.2, 0.25) is 0 Å². The van der Waals surface area contributed by atoms with Gasteiger partial charge in [-0.15, -0.1) is 11.3 Å². The molecule has 3 rings (SSSR count). The lowest BCUT2D eigenvalue weighted by molar-refractivity contribution is 0.140. The number of nitrogens with one attached hydrogen (secondary N) is 2. The standard InChI is InChI=1S/C22H38N4OS2/c1-4-29(27)19-8-5-7-18(15-19)25-22(23-3)24-16-20(21-9-6-14-28-21)26-12-10-17(2)11-13-26/h6,9,14,17-20H,4-5,7-8,10-13,15-16H2,1-3H3,(H2,23,24,25). The predicted octanol–water partition coefficient (Wildman–Crippen LogP) is 3.77. The average Bonchev–Trinajstić information content (AvgIpc) is 3.28. The van der Waals surface area contributed by atoms with E-state index in [1.807, 2.05) is 25.3 Å². The van der Waals surface area contributed by atoms with Crippen molar-refractivity contribution in [1.29, 1.82) is 0 Å². The zero-order chi connectivity index (χ0) is 20.6. The van der Waals surface area contributed by atoms with Crippen molar-refractivity contribution in [2.24, 2.45) is 10.9 Å². The maximum atomic E-state index is 12.2. The molecule has 0 bridgehead atoms. The lowest BCUT2D eigenvalue weighted by Crippen LogP contribution is -2.49. The van der Waals surface area contributed by atoms with Crippen molar-refractivity contribution in [2.75, 3.05) is 32.4 Å². The lowest BCUT2D eigenvalue weighted by atomic mass is 9.95. The SMILES string of the molecule is CCS(=O)C1CCCC(NC(=NC)NCC(c2cccs2)N2CCC(C)CC2)C1. The third-order valence-corrected chi connectivity index (χ3v) is 9.15. The molecular formula is C22H38N4OS2. The second-order valence-corrected chi connectivity index (χ2v) is 11.5. The molecule has 0 radical (unpaired) electrons. The van der Waals surface area contributed by atoms with Crippen LogP contribution in [0.5, 0.6) is 0 Å². The number of likely N-dealkylation sites (tertiary alicyclic amines) is 1. The fourth-order valence-corrected chi connectivity index (χ4v) is 6.77. The smallest absolute Gasteiger partial charge is 0.191 e. The van der Waals surface area contributed by atoms with Gasteiger partial charge in [-0.1, -0.05) is 26.3 Å². The van der Waals surface area contributed by atoms with Gasteiger partial charge in [-0.2, -0.15) is 0 Å². The predicted molar refractivity (Wildman–Crippen MR) is 126 cm³/mol. The van der Waals surface area contributed by atoms with E-state index in [1.165, 1.54) is 30.8 Å². The molecule has 0 spiro atoms. The van der Waals surface area contributed by atoms with Crippen LogP contribution >= 0.6 is 11.3 Å². The van der Waals surface area contributed by atoms with Crippen LogP contribution < -0.4 is 10.6 Å². The first-order valence-corrected chi connectivity index (χ1v) is 13.5. The van der Waals surface area contributed by atoms with Crippen molar-refractivity contribution in [3.8, 4) is 0 Å². The van der Waals surface area contributed by atoms with E-state index in [1.54, 1.807) is 0 Å². The molecule has 5 nitrogen and oxygen atoms in total. The Bertz CT molecular complexity index is 656. The Hall–Kier alpha value is -0.920. The third kappa shape index (κ3) is 6.53. The molecule has 1 aromatic rings. The summed E-state index contributed by atoms with van der Waals surface area (Å²) in [7, 11) is 1.16. The minimum absolute atomic E-state index is 0.332. The highest BCUT2D eigenvalue weighted by atomic mass is 32.2. The first-order chi connectivity index (χ1) is 14.1. The van der Waals surface area contributed by atoms with Crippen LogP contribution in [0.1, 0.15) is 63.3 Å². The van der Waals surface area contributed by atoms with E-state index in [2.05, 4.69) is 45.0 Å². The maximum absolute atomic E-state index is 12.2. The van der Waals surface area contributed by atoms with E-state index in [4.69, 9.17) is 0 Å². The molecule has 2 N–H and O–H groups in total. The van der Waals surface area contributed by atoms with Crippen LogP contribution in [0.4, 0.5) is 0 Å². The van der Waals surface area contributed by atoms with Crippen molar-refractivity contribution in [1.82, 2.24) is 15.5 Å². The monoisotopic (exact) mass is 438 g/mol. The van der Waals surface area contributed by atoms with Crippen molar-refractivity contribution in [2.45, 2.75) is 69.7 Å². The Morgan fingerprint density at radius 1 is 1.34 bits per heavy atom. The van der Waals surface area contributed by atoms with E-state index in [9.17, 15) is 4.21 Å². The fraction of sp³-hybridized carbons (Fsp3) is 0.773. The van der Waals surface area contributed by atoms with Gasteiger partial charge in [0.05, 0.1) is 6.04 Å². The quantitative estimate of drug-likeness (QED) is 0.503. The molecule has 1 saturated heterocycles. The molecule has 0 aromatic carbocycles. The second-order valence-electron chi connectivity index (χ2n) is 8.50. The summed E-state index contributed by atoms with van der Waals surface area (Å²) in [6.07, 6.45) is 6.93. The summed E-state index contributed by atoms with van der Waals surface area (Å²) in [6.45, 7) is 7.60. The highest BCUT2D eigenvalue weighted by molar-refractivity contribution is 7.85. The molecule has 1 aromatic heterocycles. The molecular weight excluding hydrogens is 400 g/mol. The van der Waals surface area contributed by atoms with Crippen molar-refractivity contribution >= 4 is 28.1 Å². The summed E-state index contributed by atoms with van der Waals surface area (Å²) in [5.74, 6) is 2.48. The van der Waals surface area contributed by atoms with Crippen molar-refractivity contribution in [3.05, 3.63) is 22.4 Å². The Labute approximate surface area is 183 Å². The summed E-state index contributed by atoms with van der Waals surface area (Å²) in [5, 5.41) is 9.72. The minimum Gasteiger partial charge on any atom is -0.354 e. The molecule has 0 amide bonds. The molecule has 4 unspecified atom stereocenters. The van der Waals surface area contributed by atoms with E-state index in [0.29, 0.717) is 17.3 Å². The molecule has 1 aliphatic carbocycles. The van der Waals surface area contributed by atoms with Gasteiger partial charge in [-0.25, -0.2) is 0 Å². The second kappa shape index (κ2) is 11.5. The van der Waals surface area contributed by atoms with Gasteiger partial charge in [0.15, 0.2) is 5.96 Å². The summed E-state index contributed by atoms with van der Waals surface area (Å²) < 4.78 is 12.2. The fourth-order valence-electron chi connectivity index (χ4n) is 4.56. The summed E-state index contributed by atoms with van der Waals surface area (Å²) in [5.41, 5.74) is 0. The molecule has 164 valence electrons. The molecule has 2 aliphatic rings. The number of piperidine rings is 1. The Morgan fingerprint density at radius 3 is 2.79 bits per heavy atom. The van der Waals surface area contributed by atoms with Gasteiger partial charge in [0, 0.05) is 46.3 Å². The topological polar surface area (TPSA) is 56.7 Å². The first-order valence-electron chi connectivity index (χ1n) is 11.2. The number of guanidine groups is 1. The number of nitrogens with zero attached hydrogens (tertiary/aromatic N) is 2. The van der Waals surface area contributed by atoms with Gasteiger partial charge in [0.25, 0.3) is 0 Å². The lowest BCUT2D eigenvalue weighted by Gasteiger charge is -2.37. The number of rotatable bonds is 7. The average molecular weight is 439 g/mol. The molecule has 1 saturated carbocycles. The van der Waals surface area contributed by atoms with Gasteiger partial charge in [0.2, 0.25) is 0 Å². The van der Waals surface area contributed by atoms with Crippen LogP contribution in [0.3, 0.4) is 0 Å². The number of thiophene rings is 1. The van der Waals surface area contributed by atoms with Crippen LogP contribution in [0.15, 0.2) is 22.5 Å². The van der Waals surface area contributed by atoms with Crippen LogP contribution in [-0.2, 0) is 10.8 Å². The van der Waals surface area contributed by atoms with Gasteiger partial charge in [-0.05, 0) is 62.6 Å². The largest absolute Gasteiger partial charge is 0.354 e. The minimum atomic E-state index is -0.694. The van der Waals surface area contributed by atoms with Crippen molar-refractivity contribution in [3.63, 3.8) is 0 Å². The maximum Gasteiger partial charge on any atom is 0.191 e. The molecule has 29 heavy (non-hydrogen) atoms. The Kier molecular flexibility index (Phi) is 9.00. The first kappa shape index (κ1) is 22.8. The van der Waals surface area contributed by atoms with E-state index < -0.39 is 10.8 Å². The Morgan fingerprint density at radius 2 is 2.14 bits per heavy atom. The number of aliphatic imine (C=N–C) groups is 1. The molecule has 4 atom stereocenters. The molecule has 1 aliphatic heterocycles. The number of hydrogen-bond donors (Lipinski definition) is 2. The highest BCUT2D eigenvalue weighted by Crippen LogP contribution is 2.29. The third-order valence-electron chi connectivity index (χ3n) is 6.44. The molecule has 7 heteroatoms. The molecule has 2 fully saturated rings. The van der Waals surface area contributed by atoms with Crippen LogP contribution in [-0.4, -0.2) is 58.8 Å². The normalized spacial score (nSPS) is 26.8. The van der Waals surface area contributed by atoms with Crippen LogP contribution in [0.25, 0.3) is 0 Å². The number of hydrogen-bond acceptors (Lipinski definition) is 4. The summed E-state index contributed by atoms with van der Waals surface area (Å²) >= 11 is 1.85. The van der Waals surface area contributed by atoms with Gasteiger partial charge < -0.3 is 10.6 Å². The Balaban J connectivity index is 1.57. The van der Waals surface area contributed by atoms with E-state index >= 15 is 0 Å². The zero-order valence-corrected chi connectivity index (χ0v) is 19.9. The van der Waals surface area contributed by atoms with Gasteiger partial charge in [-0.3, -0.25) is 14.1 Å². The van der Waals surface area contributed by atoms with Gasteiger partial charge >= 0.3 is 0 Å². The van der Waals surface area contributed by atoms with Crippen LogP contribution in [0, 0.1) is 5.92 Å². The van der Waals surface area contributed by atoms with Gasteiger partial charge in [0.1, 0.15) is 0 Å². The highest BCUT2D eigenvalue weighted by Gasteiger charge is 2.28.